The zero-order valence-electron chi connectivity index (χ0n) is 16.1. The number of hydrogen-bond acceptors (Lipinski definition) is 4. The van der Waals surface area contributed by atoms with Crippen LogP contribution in [-0.4, -0.2) is 32.7 Å². The lowest BCUT2D eigenvalue weighted by molar-refractivity contribution is 0.395. The van der Waals surface area contributed by atoms with Crippen LogP contribution in [0.4, 0.5) is 0 Å². The van der Waals surface area contributed by atoms with E-state index < -0.39 is 10.0 Å². The molecule has 0 amide bonds. The fourth-order valence-corrected chi connectivity index (χ4v) is 4.33. The monoisotopic (exact) mass is 389 g/mol. The van der Waals surface area contributed by atoms with E-state index in [9.17, 15) is 8.42 Å². The first-order valence-electron chi connectivity index (χ1n) is 8.74. The third-order valence-electron chi connectivity index (χ3n) is 4.31. The Balaban J connectivity index is 2.26. The van der Waals surface area contributed by atoms with Crippen molar-refractivity contribution >= 4 is 10.0 Å². The van der Waals surface area contributed by atoms with Crippen molar-refractivity contribution in [3.63, 3.8) is 0 Å². The van der Waals surface area contributed by atoms with E-state index in [4.69, 9.17) is 9.47 Å². The zero-order chi connectivity index (χ0) is 19.9. The normalized spacial score (nSPS) is 12.6. The lowest BCUT2D eigenvalue weighted by Gasteiger charge is -2.24. The minimum absolute atomic E-state index is 0.0306. The van der Waals surface area contributed by atoms with Crippen LogP contribution in [0, 0.1) is 5.92 Å². The standard InChI is InChI=1S/C21H27NO4S/c1-5-17(2)16-27(23,24)22(14-18-6-10-20(25-3)11-7-18)15-19-8-12-21(26-4)13-9-19/h5-13,17H,1,14-16H2,2-4H3/t17-/m0/s1. The first-order chi connectivity index (χ1) is 12.9. The van der Waals surface area contributed by atoms with Crippen LogP contribution in [0.25, 0.3) is 0 Å². The summed E-state index contributed by atoms with van der Waals surface area (Å²) in [6.07, 6.45) is 1.66. The Labute approximate surface area is 162 Å². The fraction of sp³-hybridized carbons (Fsp3) is 0.333. The minimum Gasteiger partial charge on any atom is -0.497 e. The van der Waals surface area contributed by atoms with Crippen LogP contribution < -0.4 is 9.47 Å². The van der Waals surface area contributed by atoms with Crippen LogP contribution in [0.2, 0.25) is 0 Å². The molecule has 0 saturated carbocycles. The Kier molecular flexibility index (Phi) is 7.45. The molecule has 0 bridgehead atoms. The van der Waals surface area contributed by atoms with Crippen molar-refractivity contribution in [2.45, 2.75) is 20.0 Å². The maximum atomic E-state index is 13.0. The number of rotatable bonds is 10. The van der Waals surface area contributed by atoms with E-state index >= 15 is 0 Å². The van der Waals surface area contributed by atoms with Crippen molar-refractivity contribution in [3.8, 4) is 11.5 Å². The van der Waals surface area contributed by atoms with E-state index in [-0.39, 0.29) is 11.7 Å². The highest BCUT2D eigenvalue weighted by atomic mass is 32.2. The van der Waals surface area contributed by atoms with Crippen LogP contribution in [0.15, 0.2) is 61.2 Å². The number of allylic oxidation sites excluding steroid dienone is 1. The first-order valence-corrected chi connectivity index (χ1v) is 10.3. The van der Waals surface area contributed by atoms with Crippen LogP contribution in [0.3, 0.4) is 0 Å². The second-order valence-electron chi connectivity index (χ2n) is 6.46. The Morgan fingerprint density at radius 2 is 1.33 bits per heavy atom. The van der Waals surface area contributed by atoms with Gasteiger partial charge in [0.05, 0.1) is 20.0 Å². The summed E-state index contributed by atoms with van der Waals surface area (Å²) < 4.78 is 37.8. The molecule has 0 aromatic heterocycles. The van der Waals surface area contributed by atoms with Gasteiger partial charge in [-0.2, -0.15) is 4.31 Å². The average molecular weight is 390 g/mol. The molecule has 27 heavy (non-hydrogen) atoms. The number of hydrogen-bond donors (Lipinski definition) is 0. The van der Waals surface area contributed by atoms with Crippen molar-refractivity contribution in [2.24, 2.45) is 5.92 Å². The number of benzene rings is 2. The highest BCUT2D eigenvalue weighted by molar-refractivity contribution is 7.89. The van der Waals surface area contributed by atoms with Gasteiger partial charge >= 0.3 is 0 Å². The van der Waals surface area contributed by atoms with E-state index in [1.54, 1.807) is 20.3 Å². The van der Waals surface area contributed by atoms with Crippen molar-refractivity contribution in [3.05, 3.63) is 72.3 Å². The van der Waals surface area contributed by atoms with E-state index in [0.29, 0.717) is 13.1 Å². The van der Waals surface area contributed by atoms with Crippen LogP contribution in [0.5, 0.6) is 11.5 Å². The number of ether oxygens (including phenoxy) is 2. The van der Waals surface area contributed by atoms with Gasteiger partial charge in [0.25, 0.3) is 0 Å². The zero-order valence-corrected chi connectivity index (χ0v) is 16.9. The highest BCUT2D eigenvalue weighted by Gasteiger charge is 2.24. The SMILES string of the molecule is C=C[C@H](C)CS(=O)(=O)N(Cc1ccc(OC)cc1)Cc1ccc(OC)cc1. The maximum Gasteiger partial charge on any atom is 0.215 e. The Morgan fingerprint density at radius 1 is 0.926 bits per heavy atom. The summed E-state index contributed by atoms with van der Waals surface area (Å²) >= 11 is 0. The quantitative estimate of drug-likeness (QED) is 0.579. The summed E-state index contributed by atoms with van der Waals surface area (Å²) in [6, 6.07) is 14.9. The second kappa shape index (κ2) is 9.58. The Morgan fingerprint density at radius 3 is 1.67 bits per heavy atom. The van der Waals surface area contributed by atoms with Gasteiger partial charge in [-0.3, -0.25) is 0 Å². The highest BCUT2D eigenvalue weighted by Crippen LogP contribution is 2.20. The fourth-order valence-electron chi connectivity index (χ4n) is 2.63. The molecule has 6 heteroatoms. The summed E-state index contributed by atoms with van der Waals surface area (Å²) in [5.74, 6) is 1.39. The van der Waals surface area contributed by atoms with E-state index in [2.05, 4.69) is 6.58 Å². The Bertz CT molecular complexity index is 780. The first kappa shape index (κ1) is 21.0. The average Bonchev–Trinajstić information content (AvgIpc) is 2.68. The summed E-state index contributed by atoms with van der Waals surface area (Å²) in [4.78, 5) is 0. The van der Waals surface area contributed by atoms with Gasteiger partial charge in [-0.1, -0.05) is 37.3 Å². The molecular formula is C21H27NO4S. The van der Waals surface area contributed by atoms with Crippen molar-refractivity contribution in [1.82, 2.24) is 4.31 Å². The second-order valence-corrected chi connectivity index (χ2v) is 8.47. The predicted molar refractivity (Wildman–Crippen MR) is 108 cm³/mol. The molecule has 2 aromatic rings. The predicted octanol–water partition coefficient (Wildman–Crippen LogP) is 3.86. The molecule has 5 nitrogen and oxygen atoms in total. The van der Waals surface area contributed by atoms with Gasteiger partial charge in [0.1, 0.15) is 11.5 Å². The third-order valence-corrected chi connectivity index (χ3v) is 6.30. The summed E-state index contributed by atoms with van der Waals surface area (Å²) in [7, 11) is -0.255. The van der Waals surface area contributed by atoms with E-state index in [1.165, 1.54) is 4.31 Å². The van der Waals surface area contributed by atoms with E-state index in [1.807, 2.05) is 55.5 Å². The minimum atomic E-state index is -3.46. The van der Waals surface area contributed by atoms with E-state index in [0.717, 1.165) is 22.6 Å². The van der Waals surface area contributed by atoms with Crippen molar-refractivity contribution < 1.29 is 17.9 Å². The number of sulfonamides is 1. The van der Waals surface area contributed by atoms with Gasteiger partial charge in [-0.25, -0.2) is 8.42 Å². The van der Waals surface area contributed by atoms with Crippen LogP contribution >= 0.6 is 0 Å². The van der Waals surface area contributed by atoms with Crippen molar-refractivity contribution in [1.29, 1.82) is 0 Å². The Hall–Kier alpha value is -2.31. The molecular weight excluding hydrogens is 362 g/mol. The van der Waals surface area contributed by atoms with Gasteiger partial charge in [0.15, 0.2) is 0 Å². The van der Waals surface area contributed by atoms with Gasteiger partial charge < -0.3 is 9.47 Å². The largest absolute Gasteiger partial charge is 0.497 e. The summed E-state index contributed by atoms with van der Waals surface area (Å²) in [5.41, 5.74) is 1.80. The molecule has 0 spiro atoms. The smallest absolute Gasteiger partial charge is 0.215 e. The summed E-state index contributed by atoms with van der Waals surface area (Å²) in [5, 5.41) is 0. The molecule has 0 fully saturated rings. The van der Waals surface area contributed by atoms with Gasteiger partial charge in [0, 0.05) is 13.1 Å². The van der Waals surface area contributed by atoms with Gasteiger partial charge in [0.2, 0.25) is 10.0 Å². The van der Waals surface area contributed by atoms with Gasteiger partial charge in [-0.05, 0) is 41.3 Å². The maximum absolute atomic E-state index is 13.0. The molecule has 0 heterocycles. The molecule has 2 rings (SSSR count). The number of nitrogens with zero attached hydrogens (tertiary/aromatic N) is 1. The molecule has 146 valence electrons. The van der Waals surface area contributed by atoms with Gasteiger partial charge in [-0.15, -0.1) is 6.58 Å². The third kappa shape index (κ3) is 6.12. The molecule has 0 aliphatic carbocycles. The van der Waals surface area contributed by atoms with Crippen molar-refractivity contribution in [2.75, 3.05) is 20.0 Å². The molecule has 2 aromatic carbocycles. The lowest BCUT2D eigenvalue weighted by Crippen LogP contribution is -2.33. The molecule has 0 aliphatic rings. The molecule has 0 unspecified atom stereocenters. The number of methoxy groups -OCH3 is 2. The van der Waals surface area contributed by atoms with Crippen LogP contribution in [0.1, 0.15) is 18.1 Å². The molecule has 0 N–H and O–H groups in total. The summed E-state index contributed by atoms with van der Waals surface area (Å²) in [6.45, 7) is 6.14. The topological polar surface area (TPSA) is 55.8 Å². The molecule has 0 radical (unpaired) electrons. The lowest BCUT2D eigenvalue weighted by atomic mass is 10.2. The molecule has 0 saturated heterocycles. The molecule has 0 aliphatic heterocycles. The molecule has 1 atom stereocenters. The van der Waals surface area contributed by atoms with Crippen LogP contribution in [-0.2, 0) is 23.1 Å².